The van der Waals surface area contributed by atoms with E-state index < -0.39 is 26.7 Å². The van der Waals surface area contributed by atoms with Crippen LogP contribution in [0.15, 0.2) is 0 Å². The van der Waals surface area contributed by atoms with Crippen molar-refractivity contribution in [2.45, 2.75) is 25.4 Å². The Kier molecular flexibility index (Phi) is 13.9. The minimum atomic E-state index is -5.82. The zero-order valence-corrected chi connectivity index (χ0v) is 17.4. The van der Waals surface area contributed by atoms with E-state index in [0.717, 1.165) is 0 Å². The zero-order chi connectivity index (χ0) is 13.9. The number of aliphatic hydroxyl groups is 1. The third-order valence-corrected chi connectivity index (χ3v) is 6.34. The fourth-order valence-corrected chi connectivity index (χ4v) is 3.33. The second kappa shape index (κ2) is 10.1. The zero-order valence-electron chi connectivity index (χ0n) is 11.6. The predicted molar refractivity (Wildman–Crippen MR) is 57.0 cm³/mol. The second-order valence-corrected chi connectivity index (χ2v) is 7.51. The molecule has 0 heterocycles. The summed E-state index contributed by atoms with van der Waals surface area (Å²) in [6.07, 6.45) is -0.816. The molecule has 0 amide bonds. The Labute approximate surface area is 156 Å². The summed E-state index contributed by atoms with van der Waals surface area (Å²) in [4.78, 5) is 40.8. The Hall–Kier alpha value is 2.22. The minimum Gasteiger partial charge on any atom is -0.808 e. The Balaban J connectivity index is -0.00000128. The third kappa shape index (κ3) is 7.35. The number of rotatable bonds is 7. The van der Waals surface area contributed by atoms with Crippen molar-refractivity contribution in [2.24, 2.45) is 0 Å². The molecule has 104 valence electrons. The first-order chi connectivity index (χ1) is 7.49. The predicted octanol–water partition coefficient (Wildman–Crippen LogP) is -7.54. The maximum absolute atomic E-state index is 10.9. The van der Waals surface area contributed by atoms with E-state index in [1.54, 1.807) is 18.7 Å². The van der Waals surface area contributed by atoms with E-state index in [9.17, 15) is 24.0 Å². The van der Waals surface area contributed by atoms with E-state index in [4.69, 9.17) is 9.79 Å². The average Bonchev–Trinajstić information content (AvgIpc) is 2.15. The molecule has 1 atom stereocenters. The Morgan fingerprint density at radius 1 is 1.11 bits per heavy atom. The van der Waals surface area contributed by atoms with Crippen molar-refractivity contribution < 1.29 is 92.9 Å². The molecule has 0 bridgehead atoms. The first kappa shape index (κ1) is 26.1. The molecule has 3 N–H and O–H groups in total. The molecule has 19 heavy (non-hydrogen) atoms. The fourth-order valence-electron chi connectivity index (χ4n) is 1.29. The molecule has 0 saturated carbocycles. The van der Waals surface area contributed by atoms with Gasteiger partial charge in [-0.3, -0.25) is 4.57 Å². The van der Waals surface area contributed by atoms with Crippen molar-refractivity contribution in [1.29, 1.82) is 0 Å². The monoisotopic (exact) mass is 335 g/mol. The van der Waals surface area contributed by atoms with Gasteiger partial charge in [0.15, 0.2) is 5.08 Å². The molecule has 0 aliphatic rings. The molecule has 0 rings (SSSR count). The molecule has 0 radical (unpaired) electrons. The molecule has 8 nitrogen and oxygen atoms in total. The van der Waals surface area contributed by atoms with E-state index in [1.807, 2.05) is 0 Å². The normalized spacial score (nSPS) is 15.4. The van der Waals surface area contributed by atoms with Crippen LogP contribution in [0.4, 0.5) is 0 Å². The molecular formula is C7H17NNa2O7P2. The van der Waals surface area contributed by atoms with Crippen LogP contribution >= 0.6 is 15.2 Å². The van der Waals surface area contributed by atoms with Crippen LogP contribution in [0.1, 0.15) is 20.3 Å². The van der Waals surface area contributed by atoms with Crippen molar-refractivity contribution >= 4 is 15.2 Å². The largest absolute Gasteiger partial charge is 1.00 e. The van der Waals surface area contributed by atoms with Crippen LogP contribution in [0.25, 0.3) is 0 Å². The van der Waals surface area contributed by atoms with E-state index in [0.29, 0.717) is 13.1 Å². The van der Waals surface area contributed by atoms with Crippen LogP contribution in [0.5, 0.6) is 0 Å². The summed E-state index contributed by atoms with van der Waals surface area (Å²) in [7, 11) is -11.3. The molecule has 0 aromatic rings. The van der Waals surface area contributed by atoms with Crippen molar-refractivity contribution in [2.75, 3.05) is 19.6 Å². The van der Waals surface area contributed by atoms with Gasteiger partial charge in [0.1, 0.15) is 0 Å². The second-order valence-electron chi connectivity index (χ2n) is 3.59. The van der Waals surface area contributed by atoms with E-state index in [2.05, 4.69) is 0 Å². The molecular weight excluding hydrogens is 318 g/mol. The summed E-state index contributed by atoms with van der Waals surface area (Å²) in [5.41, 5.74) is 0. The molecule has 1 unspecified atom stereocenters. The molecule has 0 aliphatic carbocycles. The quantitative estimate of drug-likeness (QED) is 0.307. The average molecular weight is 335 g/mol. The fraction of sp³-hybridized carbons (Fsp3) is 1.00. The van der Waals surface area contributed by atoms with E-state index in [-0.39, 0.29) is 65.7 Å². The molecule has 0 aromatic carbocycles. The maximum atomic E-state index is 10.9. The molecule has 0 spiro atoms. The SMILES string of the molecule is CCN(CC)CCC(O)(P(=O)([O-])[O-])P(=O)(O)O.[Na+].[Na+]. The van der Waals surface area contributed by atoms with Crippen molar-refractivity contribution in [3.8, 4) is 0 Å². The minimum absolute atomic E-state index is 0. The van der Waals surface area contributed by atoms with Crippen LogP contribution in [0, 0.1) is 0 Å². The summed E-state index contributed by atoms with van der Waals surface area (Å²) in [6.45, 7) is 4.44. The summed E-state index contributed by atoms with van der Waals surface area (Å²) < 4.78 is 21.7. The molecule has 0 aromatic heterocycles. The van der Waals surface area contributed by atoms with Gasteiger partial charge in [0, 0.05) is 13.0 Å². The number of nitrogens with zero attached hydrogens (tertiary/aromatic N) is 1. The van der Waals surface area contributed by atoms with Gasteiger partial charge in [0.2, 0.25) is 0 Å². The van der Waals surface area contributed by atoms with Gasteiger partial charge >= 0.3 is 66.7 Å². The van der Waals surface area contributed by atoms with Crippen molar-refractivity contribution in [3.63, 3.8) is 0 Å². The van der Waals surface area contributed by atoms with Crippen LogP contribution in [0.2, 0.25) is 0 Å². The summed E-state index contributed by atoms with van der Waals surface area (Å²) in [5, 5.41) is 5.92. The van der Waals surface area contributed by atoms with Gasteiger partial charge in [-0.25, -0.2) is 0 Å². The van der Waals surface area contributed by atoms with Gasteiger partial charge in [-0.2, -0.15) is 0 Å². The summed E-state index contributed by atoms with van der Waals surface area (Å²) in [5.74, 6) is 0. The van der Waals surface area contributed by atoms with Gasteiger partial charge in [-0.15, -0.1) is 0 Å². The number of hydrogen-bond acceptors (Lipinski definition) is 6. The third-order valence-electron chi connectivity index (χ3n) is 2.56. The van der Waals surface area contributed by atoms with Crippen molar-refractivity contribution in [1.82, 2.24) is 4.90 Å². The number of hydrogen-bond donors (Lipinski definition) is 3. The first-order valence-corrected chi connectivity index (χ1v) is 8.17. The Morgan fingerprint density at radius 2 is 1.47 bits per heavy atom. The Morgan fingerprint density at radius 3 is 1.68 bits per heavy atom. The van der Waals surface area contributed by atoms with Crippen molar-refractivity contribution in [3.05, 3.63) is 0 Å². The Bertz CT molecular complexity index is 318. The van der Waals surface area contributed by atoms with E-state index >= 15 is 0 Å². The van der Waals surface area contributed by atoms with E-state index in [1.165, 1.54) is 0 Å². The first-order valence-electron chi connectivity index (χ1n) is 5.02. The van der Waals surface area contributed by atoms with Gasteiger partial charge in [0.25, 0.3) is 0 Å². The van der Waals surface area contributed by atoms with Gasteiger partial charge in [0.05, 0.1) is 0 Å². The van der Waals surface area contributed by atoms with Crippen LogP contribution in [0.3, 0.4) is 0 Å². The molecule has 12 heteroatoms. The smallest absolute Gasteiger partial charge is 0.808 e. The topological polar surface area (TPSA) is 144 Å². The van der Waals surface area contributed by atoms with Gasteiger partial charge < -0.3 is 34.1 Å². The van der Waals surface area contributed by atoms with Crippen LogP contribution in [-0.4, -0.2) is 44.5 Å². The summed E-state index contributed by atoms with van der Waals surface area (Å²) >= 11 is 0. The van der Waals surface area contributed by atoms with Gasteiger partial charge in [-0.1, -0.05) is 13.8 Å². The maximum Gasteiger partial charge on any atom is 1.00 e. The van der Waals surface area contributed by atoms with Crippen LogP contribution in [-0.2, 0) is 9.13 Å². The summed E-state index contributed by atoms with van der Waals surface area (Å²) in [6, 6.07) is 0. The molecule has 0 saturated heterocycles. The van der Waals surface area contributed by atoms with Crippen LogP contribution < -0.4 is 68.9 Å². The molecule has 0 aliphatic heterocycles. The standard InChI is InChI=1S/C7H19NO7P2.2Na/c1-3-8(4-2)6-5-7(9,16(10,11)12)17(13,14)15;;/h9H,3-6H2,1-2H3,(H2,10,11,12)(H2,13,14,15);;/q;2*+1/p-2. The van der Waals surface area contributed by atoms with Gasteiger partial charge in [-0.05, 0) is 20.7 Å². The molecule has 0 fully saturated rings.